The molecule has 18 heavy (non-hydrogen) atoms. The van der Waals surface area contributed by atoms with Crippen LogP contribution in [0.25, 0.3) is 0 Å². The molecule has 0 N–H and O–H groups in total. The summed E-state index contributed by atoms with van der Waals surface area (Å²) in [6, 6.07) is 6.37. The van der Waals surface area contributed by atoms with Crippen LogP contribution < -0.4 is 0 Å². The van der Waals surface area contributed by atoms with Gasteiger partial charge in [0.2, 0.25) is 0 Å². The molecule has 0 aromatic heterocycles. The number of ether oxygens (including phenoxy) is 1. The predicted molar refractivity (Wildman–Crippen MR) is 66.1 cm³/mol. The summed E-state index contributed by atoms with van der Waals surface area (Å²) in [5.74, 6) is -0.741. The molecule has 0 aliphatic rings. The van der Waals surface area contributed by atoms with Crippen molar-refractivity contribution < 1.29 is 19.2 Å². The van der Waals surface area contributed by atoms with E-state index in [1.165, 1.54) is 25.3 Å². The van der Waals surface area contributed by atoms with Gasteiger partial charge in [-0.05, 0) is 24.6 Å². The van der Waals surface area contributed by atoms with E-state index < -0.39 is 5.97 Å². The number of carbonyl (C=O) groups is 2. The molecule has 0 saturated carbocycles. The van der Waals surface area contributed by atoms with Crippen molar-refractivity contribution in [1.82, 2.24) is 5.06 Å². The SMILES string of the molecule is CCCN(OC)C(=O)c1cccc(C(=O)OC)c1. The minimum absolute atomic E-state index is 0.273. The van der Waals surface area contributed by atoms with Crippen LogP contribution in [0.15, 0.2) is 24.3 Å². The van der Waals surface area contributed by atoms with Crippen molar-refractivity contribution in [2.24, 2.45) is 0 Å². The van der Waals surface area contributed by atoms with Crippen LogP contribution in [0.4, 0.5) is 0 Å². The zero-order chi connectivity index (χ0) is 13.5. The number of amides is 1. The third-order valence-corrected chi connectivity index (χ3v) is 2.40. The fourth-order valence-electron chi connectivity index (χ4n) is 1.52. The molecule has 0 heterocycles. The molecule has 1 amide bonds. The molecule has 0 radical (unpaired) electrons. The standard InChI is InChI=1S/C13H17NO4/c1-4-8-14(18-3)12(15)10-6-5-7-11(9-10)13(16)17-2/h5-7,9H,4,8H2,1-3H3. The topological polar surface area (TPSA) is 55.8 Å². The highest BCUT2D eigenvalue weighted by Gasteiger charge is 2.16. The fraction of sp³-hybridized carbons (Fsp3) is 0.385. The van der Waals surface area contributed by atoms with E-state index in [1.807, 2.05) is 6.92 Å². The lowest BCUT2D eigenvalue weighted by Crippen LogP contribution is -2.30. The minimum Gasteiger partial charge on any atom is -0.465 e. The Labute approximate surface area is 106 Å². The van der Waals surface area contributed by atoms with E-state index in [4.69, 9.17) is 4.84 Å². The molecule has 98 valence electrons. The Kier molecular flexibility index (Phi) is 5.32. The number of hydrogen-bond acceptors (Lipinski definition) is 4. The number of benzene rings is 1. The molecule has 5 nitrogen and oxygen atoms in total. The number of methoxy groups -OCH3 is 1. The molecule has 0 atom stereocenters. The monoisotopic (exact) mass is 251 g/mol. The Hall–Kier alpha value is -1.88. The zero-order valence-electron chi connectivity index (χ0n) is 10.8. The molecule has 5 heteroatoms. The normalized spacial score (nSPS) is 9.94. The average Bonchev–Trinajstić information content (AvgIpc) is 2.43. The molecule has 1 aromatic carbocycles. The van der Waals surface area contributed by atoms with Crippen LogP contribution >= 0.6 is 0 Å². The maximum atomic E-state index is 12.1. The molecule has 0 fully saturated rings. The number of carbonyl (C=O) groups excluding carboxylic acids is 2. The summed E-state index contributed by atoms with van der Waals surface area (Å²) in [5.41, 5.74) is 0.740. The van der Waals surface area contributed by atoms with Crippen LogP contribution in [0.2, 0.25) is 0 Å². The summed E-state index contributed by atoms with van der Waals surface area (Å²) >= 11 is 0. The second-order valence-electron chi connectivity index (χ2n) is 3.66. The maximum absolute atomic E-state index is 12.1. The van der Waals surface area contributed by atoms with Crippen LogP contribution in [0.1, 0.15) is 34.1 Å². The summed E-state index contributed by atoms with van der Waals surface area (Å²) < 4.78 is 4.61. The molecule has 0 unspecified atom stereocenters. The quantitative estimate of drug-likeness (QED) is 0.592. The van der Waals surface area contributed by atoms with E-state index in [-0.39, 0.29) is 5.91 Å². The van der Waals surface area contributed by atoms with Gasteiger partial charge in [-0.15, -0.1) is 0 Å². The van der Waals surface area contributed by atoms with Gasteiger partial charge in [0, 0.05) is 12.1 Å². The highest BCUT2D eigenvalue weighted by molar-refractivity contribution is 5.97. The Bertz CT molecular complexity index is 431. The van der Waals surface area contributed by atoms with E-state index in [0.29, 0.717) is 17.7 Å². The molecule has 1 aromatic rings. The summed E-state index contributed by atoms with van der Waals surface area (Å²) in [6.07, 6.45) is 0.788. The van der Waals surface area contributed by atoms with Crippen molar-refractivity contribution in [1.29, 1.82) is 0 Å². The molecule has 1 rings (SSSR count). The van der Waals surface area contributed by atoms with E-state index in [2.05, 4.69) is 4.74 Å². The van der Waals surface area contributed by atoms with Gasteiger partial charge in [-0.2, -0.15) is 0 Å². The lowest BCUT2D eigenvalue weighted by molar-refractivity contribution is -0.0948. The van der Waals surface area contributed by atoms with E-state index in [1.54, 1.807) is 18.2 Å². The number of nitrogens with zero attached hydrogens (tertiary/aromatic N) is 1. The molecule has 0 spiro atoms. The smallest absolute Gasteiger partial charge is 0.337 e. The molecule has 0 bridgehead atoms. The van der Waals surface area contributed by atoms with Gasteiger partial charge in [0.15, 0.2) is 0 Å². The van der Waals surface area contributed by atoms with Crippen LogP contribution in [0, 0.1) is 0 Å². The lowest BCUT2D eigenvalue weighted by atomic mass is 10.1. The first-order valence-electron chi connectivity index (χ1n) is 5.68. The fourth-order valence-corrected chi connectivity index (χ4v) is 1.52. The Morgan fingerprint density at radius 3 is 2.44 bits per heavy atom. The van der Waals surface area contributed by atoms with Gasteiger partial charge in [0.25, 0.3) is 5.91 Å². The van der Waals surface area contributed by atoms with Gasteiger partial charge in [-0.3, -0.25) is 9.63 Å². The van der Waals surface area contributed by atoms with E-state index in [9.17, 15) is 9.59 Å². The highest BCUT2D eigenvalue weighted by Crippen LogP contribution is 2.10. The van der Waals surface area contributed by atoms with Crippen molar-refractivity contribution in [2.75, 3.05) is 20.8 Å². The summed E-state index contributed by atoms with van der Waals surface area (Å²) in [5, 5.41) is 1.26. The summed E-state index contributed by atoms with van der Waals surface area (Å²) in [7, 11) is 2.74. The number of hydrogen-bond donors (Lipinski definition) is 0. The largest absolute Gasteiger partial charge is 0.465 e. The van der Waals surface area contributed by atoms with Crippen molar-refractivity contribution in [2.45, 2.75) is 13.3 Å². The second-order valence-corrected chi connectivity index (χ2v) is 3.66. The van der Waals surface area contributed by atoms with Crippen LogP contribution in [0.5, 0.6) is 0 Å². The third-order valence-electron chi connectivity index (χ3n) is 2.40. The first kappa shape index (κ1) is 14.2. The summed E-state index contributed by atoms with van der Waals surface area (Å²) in [4.78, 5) is 28.5. The van der Waals surface area contributed by atoms with Crippen LogP contribution in [-0.4, -0.2) is 37.7 Å². The zero-order valence-corrected chi connectivity index (χ0v) is 10.8. The van der Waals surface area contributed by atoms with Gasteiger partial charge < -0.3 is 4.74 Å². The van der Waals surface area contributed by atoms with Crippen molar-refractivity contribution in [3.63, 3.8) is 0 Å². The Morgan fingerprint density at radius 2 is 1.89 bits per heavy atom. The molecule has 0 aliphatic carbocycles. The van der Waals surface area contributed by atoms with Crippen molar-refractivity contribution in [3.8, 4) is 0 Å². The van der Waals surface area contributed by atoms with Gasteiger partial charge >= 0.3 is 5.97 Å². The molecular formula is C13H17NO4. The molecular weight excluding hydrogens is 234 g/mol. The number of hydroxylamine groups is 2. The Morgan fingerprint density at radius 1 is 1.22 bits per heavy atom. The van der Waals surface area contributed by atoms with Crippen molar-refractivity contribution in [3.05, 3.63) is 35.4 Å². The number of rotatable bonds is 5. The first-order valence-corrected chi connectivity index (χ1v) is 5.68. The van der Waals surface area contributed by atoms with Crippen LogP contribution in [0.3, 0.4) is 0 Å². The predicted octanol–water partition coefficient (Wildman–Crippen LogP) is 1.89. The number of esters is 1. The van der Waals surface area contributed by atoms with Gasteiger partial charge in [0.05, 0.1) is 19.8 Å². The third kappa shape index (κ3) is 3.30. The second kappa shape index (κ2) is 6.76. The summed E-state index contributed by atoms with van der Waals surface area (Å²) in [6.45, 7) is 2.45. The average molecular weight is 251 g/mol. The molecule has 0 aliphatic heterocycles. The lowest BCUT2D eigenvalue weighted by Gasteiger charge is -2.18. The van der Waals surface area contributed by atoms with E-state index >= 15 is 0 Å². The van der Waals surface area contributed by atoms with E-state index in [0.717, 1.165) is 6.42 Å². The highest BCUT2D eigenvalue weighted by atomic mass is 16.7. The minimum atomic E-state index is -0.468. The van der Waals surface area contributed by atoms with Gasteiger partial charge in [0.1, 0.15) is 0 Å². The van der Waals surface area contributed by atoms with Crippen LogP contribution in [-0.2, 0) is 9.57 Å². The van der Waals surface area contributed by atoms with Gasteiger partial charge in [-0.1, -0.05) is 13.0 Å². The maximum Gasteiger partial charge on any atom is 0.337 e. The first-order chi connectivity index (χ1) is 8.63. The molecule has 0 saturated heterocycles. The van der Waals surface area contributed by atoms with Gasteiger partial charge in [-0.25, -0.2) is 9.86 Å². The Balaban J connectivity index is 2.95. The van der Waals surface area contributed by atoms with Crippen molar-refractivity contribution >= 4 is 11.9 Å².